The molecule has 1 aromatic rings. The maximum Gasteiger partial charge on any atom is 0.225 e. The summed E-state index contributed by atoms with van der Waals surface area (Å²) in [6.45, 7) is 5.88. The number of anilines is 2. The topological polar surface area (TPSA) is 79.3 Å². The van der Waals surface area contributed by atoms with Gasteiger partial charge in [0, 0.05) is 25.1 Å². The first kappa shape index (κ1) is 16.5. The molecule has 6 nitrogen and oxygen atoms in total. The van der Waals surface area contributed by atoms with Gasteiger partial charge >= 0.3 is 0 Å². The molecule has 3 rings (SSSR count). The average molecular weight is 320 g/mol. The predicted molar refractivity (Wildman–Crippen MR) is 90.8 cm³/mol. The minimum Gasteiger partial charge on any atom is -0.394 e. The number of hydrogen-bond acceptors (Lipinski definition) is 6. The van der Waals surface area contributed by atoms with Crippen LogP contribution >= 0.6 is 0 Å². The van der Waals surface area contributed by atoms with Crippen LogP contribution in [0.3, 0.4) is 0 Å². The van der Waals surface area contributed by atoms with Gasteiger partial charge in [0.1, 0.15) is 5.82 Å². The zero-order valence-electron chi connectivity index (χ0n) is 14.1. The maximum absolute atomic E-state index is 9.51. The van der Waals surface area contributed by atoms with Crippen molar-refractivity contribution in [3.8, 4) is 0 Å². The van der Waals surface area contributed by atoms with Crippen LogP contribution in [0, 0.1) is 5.92 Å². The summed E-state index contributed by atoms with van der Waals surface area (Å²) in [5, 5.41) is 16.2. The van der Waals surface area contributed by atoms with Gasteiger partial charge in [-0.15, -0.1) is 0 Å². The quantitative estimate of drug-likeness (QED) is 0.682. The molecule has 1 aliphatic carbocycles. The van der Waals surface area contributed by atoms with Gasteiger partial charge in [0.25, 0.3) is 0 Å². The van der Waals surface area contributed by atoms with Gasteiger partial charge < -0.3 is 20.5 Å². The lowest BCUT2D eigenvalue weighted by Gasteiger charge is -2.21. The van der Waals surface area contributed by atoms with Gasteiger partial charge in [-0.2, -0.15) is 4.98 Å². The van der Waals surface area contributed by atoms with Crippen LogP contribution in [0.4, 0.5) is 11.8 Å². The fourth-order valence-electron chi connectivity index (χ4n) is 2.82. The largest absolute Gasteiger partial charge is 0.394 e. The van der Waals surface area contributed by atoms with Crippen LogP contribution in [-0.2, 0) is 4.74 Å². The zero-order valence-corrected chi connectivity index (χ0v) is 14.1. The molecule has 0 unspecified atom stereocenters. The summed E-state index contributed by atoms with van der Waals surface area (Å²) in [6, 6.07) is 2.02. The molecule has 128 valence electrons. The molecule has 0 amide bonds. The number of aliphatic hydroxyl groups is 1. The number of nitrogens with one attached hydrogen (secondary N) is 2. The summed E-state index contributed by atoms with van der Waals surface area (Å²) >= 11 is 0. The highest BCUT2D eigenvalue weighted by molar-refractivity contribution is 5.44. The number of aliphatic hydroxyl groups excluding tert-OH is 1. The first-order chi connectivity index (χ1) is 11.2. The van der Waals surface area contributed by atoms with Crippen molar-refractivity contribution in [3.63, 3.8) is 0 Å². The minimum absolute atomic E-state index is 0.0320. The molecule has 0 bridgehead atoms. The van der Waals surface area contributed by atoms with E-state index in [-0.39, 0.29) is 18.8 Å². The summed E-state index contributed by atoms with van der Waals surface area (Å²) < 4.78 is 5.65. The average Bonchev–Trinajstić information content (AvgIpc) is 3.27. The number of nitrogens with zero attached hydrogens (tertiary/aromatic N) is 2. The second kappa shape index (κ2) is 7.45. The van der Waals surface area contributed by atoms with E-state index in [0.717, 1.165) is 37.5 Å². The molecular formula is C17H28N4O2. The van der Waals surface area contributed by atoms with Crippen molar-refractivity contribution >= 4 is 11.8 Å². The lowest BCUT2D eigenvalue weighted by molar-refractivity contribution is 0.120. The van der Waals surface area contributed by atoms with Crippen molar-refractivity contribution in [2.75, 3.05) is 30.4 Å². The van der Waals surface area contributed by atoms with Gasteiger partial charge in [-0.25, -0.2) is 4.98 Å². The highest BCUT2D eigenvalue weighted by atomic mass is 16.5. The Bertz CT molecular complexity index is 513. The molecular weight excluding hydrogens is 292 g/mol. The monoisotopic (exact) mass is 320 g/mol. The Labute approximate surface area is 138 Å². The first-order valence-electron chi connectivity index (χ1n) is 8.77. The number of ether oxygens (including phenoxy) is 1. The Kier molecular flexibility index (Phi) is 5.33. The highest BCUT2D eigenvalue weighted by Gasteiger charge is 2.27. The highest BCUT2D eigenvalue weighted by Crippen LogP contribution is 2.40. The lowest BCUT2D eigenvalue weighted by atomic mass is 10.1. The van der Waals surface area contributed by atoms with E-state index in [1.807, 2.05) is 0 Å². The second-order valence-corrected chi connectivity index (χ2v) is 6.97. The molecule has 2 fully saturated rings. The van der Waals surface area contributed by atoms with Crippen LogP contribution in [0.15, 0.2) is 6.07 Å². The van der Waals surface area contributed by atoms with E-state index < -0.39 is 0 Å². The van der Waals surface area contributed by atoms with E-state index >= 15 is 0 Å². The summed E-state index contributed by atoms with van der Waals surface area (Å²) in [5.74, 6) is 2.34. The Morgan fingerprint density at radius 1 is 1.30 bits per heavy atom. The number of aromatic nitrogens is 2. The maximum atomic E-state index is 9.51. The smallest absolute Gasteiger partial charge is 0.225 e. The molecule has 0 spiro atoms. The van der Waals surface area contributed by atoms with E-state index in [4.69, 9.17) is 4.74 Å². The first-order valence-corrected chi connectivity index (χ1v) is 8.77. The van der Waals surface area contributed by atoms with Crippen molar-refractivity contribution in [1.82, 2.24) is 9.97 Å². The van der Waals surface area contributed by atoms with Gasteiger partial charge in [0.15, 0.2) is 0 Å². The normalized spacial score (nSPS) is 22.3. The fraction of sp³-hybridized carbons (Fsp3) is 0.765. The molecule has 1 saturated carbocycles. The Balaban J connectivity index is 1.70. The molecule has 0 aromatic carbocycles. The Morgan fingerprint density at radius 2 is 2.13 bits per heavy atom. The molecule has 6 heteroatoms. The predicted octanol–water partition coefficient (Wildman–Crippen LogP) is 2.37. The van der Waals surface area contributed by atoms with E-state index in [2.05, 4.69) is 40.5 Å². The Morgan fingerprint density at radius 3 is 2.74 bits per heavy atom. The zero-order chi connectivity index (χ0) is 16.2. The number of hydrogen-bond donors (Lipinski definition) is 3. The molecule has 0 radical (unpaired) electrons. The molecule has 2 aliphatic rings. The SMILES string of the molecule is CC(C)[C@H](CO)Nc1nc(NC[C@@H]2CCCO2)cc(C2CC2)n1. The third-order valence-corrected chi connectivity index (χ3v) is 4.59. The van der Waals surface area contributed by atoms with Gasteiger partial charge in [-0.3, -0.25) is 0 Å². The second-order valence-electron chi connectivity index (χ2n) is 6.97. The van der Waals surface area contributed by atoms with Crippen LogP contribution in [0.1, 0.15) is 51.1 Å². The standard InChI is InChI=1S/C17H28N4O2/c1-11(2)15(10-22)20-17-19-14(12-5-6-12)8-16(21-17)18-9-13-4-3-7-23-13/h8,11-13,15,22H,3-7,9-10H2,1-2H3,(H2,18,19,20,21)/t13-,15-/m0/s1. The molecule has 23 heavy (non-hydrogen) atoms. The fourth-order valence-corrected chi connectivity index (χ4v) is 2.82. The Hall–Kier alpha value is -1.40. The molecule has 1 aromatic heterocycles. The molecule has 2 heterocycles. The van der Waals surface area contributed by atoms with Crippen LogP contribution in [-0.4, -0.2) is 47.0 Å². The summed E-state index contributed by atoms with van der Waals surface area (Å²) in [6.07, 6.45) is 4.94. The van der Waals surface area contributed by atoms with Gasteiger partial charge in [-0.1, -0.05) is 13.8 Å². The summed E-state index contributed by atoms with van der Waals surface area (Å²) in [7, 11) is 0. The van der Waals surface area contributed by atoms with Crippen LogP contribution in [0.25, 0.3) is 0 Å². The van der Waals surface area contributed by atoms with Crippen LogP contribution in [0.5, 0.6) is 0 Å². The third-order valence-electron chi connectivity index (χ3n) is 4.59. The van der Waals surface area contributed by atoms with Crippen LogP contribution < -0.4 is 10.6 Å². The van der Waals surface area contributed by atoms with Gasteiger partial charge in [0.05, 0.1) is 24.4 Å². The van der Waals surface area contributed by atoms with Crippen LogP contribution in [0.2, 0.25) is 0 Å². The minimum atomic E-state index is -0.0320. The van der Waals surface area contributed by atoms with E-state index in [1.165, 1.54) is 12.8 Å². The van der Waals surface area contributed by atoms with E-state index in [0.29, 0.717) is 17.8 Å². The summed E-state index contributed by atoms with van der Waals surface area (Å²) in [5.41, 5.74) is 1.10. The molecule has 1 saturated heterocycles. The molecule has 2 atom stereocenters. The molecule has 1 aliphatic heterocycles. The van der Waals surface area contributed by atoms with Gasteiger partial charge in [0.2, 0.25) is 5.95 Å². The summed E-state index contributed by atoms with van der Waals surface area (Å²) in [4.78, 5) is 9.22. The van der Waals surface area contributed by atoms with Gasteiger partial charge in [-0.05, 0) is 31.6 Å². The third kappa shape index (κ3) is 4.54. The van der Waals surface area contributed by atoms with E-state index in [1.54, 1.807) is 0 Å². The van der Waals surface area contributed by atoms with Crippen molar-refractivity contribution in [2.45, 2.75) is 57.6 Å². The lowest BCUT2D eigenvalue weighted by Crippen LogP contribution is -2.30. The number of rotatable bonds is 8. The van der Waals surface area contributed by atoms with Crippen molar-refractivity contribution in [2.24, 2.45) is 5.92 Å². The van der Waals surface area contributed by atoms with E-state index in [9.17, 15) is 5.11 Å². The van der Waals surface area contributed by atoms with Crippen molar-refractivity contribution in [1.29, 1.82) is 0 Å². The van der Waals surface area contributed by atoms with Crippen molar-refractivity contribution < 1.29 is 9.84 Å². The molecule has 3 N–H and O–H groups in total. The van der Waals surface area contributed by atoms with Crippen molar-refractivity contribution in [3.05, 3.63) is 11.8 Å².